The highest BCUT2D eigenvalue weighted by atomic mass is 31.1. The topological polar surface area (TPSA) is 26.3 Å². The van der Waals surface area contributed by atoms with Crippen LogP contribution in [0, 0.1) is 5.82 Å². The Labute approximate surface area is 93.6 Å². The van der Waals surface area contributed by atoms with Crippen LogP contribution >= 0.6 is 8.03 Å². The average Bonchev–Trinajstić information content (AvgIpc) is 2.31. The van der Waals surface area contributed by atoms with Crippen LogP contribution in [0.25, 0.3) is 0 Å². The molecule has 0 saturated carbocycles. The molecule has 1 atom stereocenters. The van der Waals surface area contributed by atoms with Crippen molar-refractivity contribution in [3.63, 3.8) is 0 Å². The molecule has 0 spiro atoms. The average molecular weight is 236 g/mol. The van der Waals surface area contributed by atoms with Crippen LogP contribution in [0.3, 0.4) is 0 Å². The predicted molar refractivity (Wildman–Crippen MR) is 62.1 cm³/mol. The van der Waals surface area contributed by atoms with E-state index in [2.05, 4.69) is 0 Å². The van der Waals surface area contributed by atoms with Gasteiger partial charge < -0.3 is 4.52 Å². The lowest BCUT2D eigenvalue weighted by Crippen LogP contribution is -2.04. The van der Waals surface area contributed by atoms with Gasteiger partial charge in [-0.25, -0.2) is 4.39 Å². The van der Waals surface area contributed by atoms with Crippen molar-refractivity contribution in [1.82, 2.24) is 0 Å². The maximum absolute atomic E-state index is 13.3. The maximum Gasteiger partial charge on any atom is 0.268 e. The third kappa shape index (κ3) is 2.50. The van der Waals surface area contributed by atoms with Gasteiger partial charge in [0.2, 0.25) is 0 Å². The summed E-state index contributed by atoms with van der Waals surface area (Å²) >= 11 is 0. The summed E-state index contributed by atoms with van der Waals surface area (Å²) in [6.07, 6.45) is 0. The molecule has 0 saturated heterocycles. The first kappa shape index (κ1) is 10.9. The van der Waals surface area contributed by atoms with E-state index in [1.165, 1.54) is 12.1 Å². The number of halogens is 1. The Balaban J connectivity index is 2.19. The van der Waals surface area contributed by atoms with Gasteiger partial charge in [-0.05, 0) is 24.3 Å². The van der Waals surface area contributed by atoms with Gasteiger partial charge in [-0.15, -0.1) is 0 Å². The Morgan fingerprint density at radius 3 is 2.25 bits per heavy atom. The van der Waals surface area contributed by atoms with Crippen molar-refractivity contribution in [3.8, 4) is 5.75 Å². The summed E-state index contributed by atoms with van der Waals surface area (Å²) in [5.41, 5.74) is 0. The Kier molecular flexibility index (Phi) is 3.37. The first-order valence-corrected chi connectivity index (χ1v) is 6.11. The minimum atomic E-state index is -2.57. The lowest BCUT2D eigenvalue weighted by molar-refractivity contribution is 0.512. The number of para-hydroxylation sites is 1. The second-order valence-electron chi connectivity index (χ2n) is 3.18. The van der Waals surface area contributed by atoms with E-state index >= 15 is 0 Å². The molecule has 0 aliphatic rings. The second-order valence-corrected chi connectivity index (χ2v) is 4.50. The van der Waals surface area contributed by atoms with Gasteiger partial charge in [-0.2, -0.15) is 0 Å². The van der Waals surface area contributed by atoms with Gasteiger partial charge in [0.1, 0.15) is 11.6 Å². The zero-order valence-corrected chi connectivity index (χ0v) is 9.39. The zero-order chi connectivity index (χ0) is 11.4. The molecule has 0 aliphatic carbocycles. The van der Waals surface area contributed by atoms with Crippen molar-refractivity contribution >= 4 is 13.3 Å². The first-order chi connectivity index (χ1) is 7.77. The minimum Gasteiger partial charge on any atom is -0.442 e. The van der Waals surface area contributed by atoms with Crippen LogP contribution in [0.4, 0.5) is 4.39 Å². The highest BCUT2D eigenvalue weighted by Crippen LogP contribution is 2.26. The molecule has 4 heteroatoms. The lowest BCUT2D eigenvalue weighted by atomic mass is 10.3. The molecule has 16 heavy (non-hydrogen) atoms. The van der Waals surface area contributed by atoms with Crippen molar-refractivity contribution in [2.45, 2.75) is 0 Å². The van der Waals surface area contributed by atoms with Gasteiger partial charge in [0, 0.05) is 0 Å². The largest absolute Gasteiger partial charge is 0.442 e. The van der Waals surface area contributed by atoms with Crippen molar-refractivity contribution in [3.05, 3.63) is 60.4 Å². The van der Waals surface area contributed by atoms with Gasteiger partial charge in [0.15, 0.2) is 0 Å². The first-order valence-electron chi connectivity index (χ1n) is 4.79. The quantitative estimate of drug-likeness (QED) is 0.766. The van der Waals surface area contributed by atoms with Crippen LogP contribution in [-0.2, 0) is 4.57 Å². The third-order valence-electron chi connectivity index (χ3n) is 2.05. The highest BCUT2D eigenvalue weighted by Gasteiger charge is 2.09. The summed E-state index contributed by atoms with van der Waals surface area (Å²) in [6, 6.07) is 14.7. The lowest BCUT2D eigenvalue weighted by Gasteiger charge is -2.06. The Morgan fingerprint density at radius 2 is 1.56 bits per heavy atom. The van der Waals surface area contributed by atoms with Crippen LogP contribution in [0.2, 0.25) is 0 Å². The SMILES string of the molecule is O=[PH](Oc1ccccc1)c1ccccc1F. The molecular weight excluding hydrogens is 226 g/mol. The van der Waals surface area contributed by atoms with Crippen molar-refractivity contribution < 1.29 is 13.5 Å². The highest BCUT2D eigenvalue weighted by molar-refractivity contribution is 7.48. The molecule has 82 valence electrons. The van der Waals surface area contributed by atoms with Gasteiger partial charge >= 0.3 is 0 Å². The fourth-order valence-electron chi connectivity index (χ4n) is 1.28. The number of rotatable bonds is 3. The molecule has 0 N–H and O–H groups in total. The number of benzene rings is 2. The number of hydrogen-bond donors (Lipinski definition) is 0. The molecule has 2 nitrogen and oxygen atoms in total. The zero-order valence-electron chi connectivity index (χ0n) is 8.39. The monoisotopic (exact) mass is 236 g/mol. The second kappa shape index (κ2) is 4.95. The van der Waals surface area contributed by atoms with Crippen molar-refractivity contribution in [2.24, 2.45) is 0 Å². The van der Waals surface area contributed by atoms with E-state index < -0.39 is 13.8 Å². The standard InChI is InChI=1S/C12H10FO2P/c13-11-8-4-5-9-12(11)16(14)15-10-6-2-1-3-7-10/h1-9,16H. The van der Waals surface area contributed by atoms with Gasteiger partial charge in [-0.3, -0.25) is 4.57 Å². The Hall–Kier alpha value is -1.60. The van der Waals surface area contributed by atoms with Crippen LogP contribution in [0.1, 0.15) is 0 Å². The Bertz CT molecular complexity index is 499. The van der Waals surface area contributed by atoms with Crippen molar-refractivity contribution in [2.75, 3.05) is 0 Å². The van der Waals surface area contributed by atoms with E-state index in [4.69, 9.17) is 4.52 Å². The summed E-state index contributed by atoms with van der Waals surface area (Å²) in [5.74, 6) is -0.0167. The van der Waals surface area contributed by atoms with Crippen LogP contribution < -0.4 is 9.83 Å². The van der Waals surface area contributed by atoms with E-state index in [1.807, 2.05) is 6.07 Å². The molecule has 0 fully saturated rings. The molecule has 2 aromatic rings. The van der Waals surface area contributed by atoms with Crippen LogP contribution in [0.5, 0.6) is 5.75 Å². The third-order valence-corrected chi connectivity index (χ3v) is 3.31. The molecule has 0 bridgehead atoms. The summed E-state index contributed by atoms with van der Waals surface area (Å²) in [4.78, 5) is 0. The van der Waals surface area contributed by atoms with E-state index in [0.29, 0.717) is 5.75 Å². The van der Waals surface area contributed by atoms with E-state index in [1.54, 1.807) is 36.4 Å². The summed E-state index contributed by atoms with van der Waals surface area (Å²) < 4.78 is 30.2. The van der Waals surface area contributed by atoms with Gasteiger partial charge in [0.25, 0.3) is 8.03 Å². The summed E-state index contributed by atoms with van der Waals surface area (Å²) in [5, 5.41) is 0.122. The number of hydrogen-bond acceptors (Lipinski definition) is 2. The normalized spacial score (nSPS) is 12.1. The van der Waals surface area contributed by atoms with E-state index in [0.717, 1.165) is 0 Å². The summed E-state index contributed by atoms with van der Waals surface area (Å²) in [6.45, 7) is 0. The fraction of sp³-hybridized carbons (Fsp3) is 0. The predicted octanol–water partition coefficient (Wildman–Crippen LogP) is 3.00. The van der Waals surface area contributed by atoms with Gasteiger partial charge in [-0.1, -0.05) is 30.3 Å². The molecule has 2 aromatic carbocycles. The maximum atomic E-state index is 13.3. The van der Waals surface area contributed by atoms with Crippen LogP contribution in [0.15, 0.2) is 54.6 Å². The molecule has 0 aromatic heterocycles. The molecule has 0 amide bonds. The van der Waals surface area contributed by atoms with Gasteiger partial charge in [0.05, 0.1) is 5.30 Å². The van der Waals surface area contributed by atoms with Crippen molar-refractivity contribution in [1.29, 1.82) is 0 Å². The molecular formula is C12H10FO2P. The molecule has 0 heterocycles. The van der Waals surface area contributed by atoms with E-state index in [9.17, 15) is 8.96 Å². The molecule has 0 aliphatic heterocycles. The Morgan fingerprint density at radius 1 is 0.938 bits per heavy atom. The molecule has 1 unspecified atom stereocenters. The molecule has 2 rings (SSSR count). The fourth-order valence-corrected chi connectivity index (χ4v) is 2.25. The van der Waals surface area contributed by atoms with E-state index in [-0.39, 0.29) is 5.30 Å². The minimum absolute atomic E-state index is 0.122. The van der Waals surface area contributed by atoms with Crippen LogP contribution in [-0.4, -0.2) is 0 Å². The smallest absolute Gasteiger partial charge is 0.268 e. The summed E-state index contributed by atoms with van der Waals surface area (Å²) in [7, 11) is -2.57. The molecule has 0 radical (unpaired) electrons.